The van der Waals surface area contributed by atoms with Crippen molar-refractivity contribution in [2.45, 2.75) is 43.8 Å². The molecule has 0 spiro atoms. The Labute approximate surface area is 185 Å². The van der Waals surface area contributed by atoms with Gasteiger partial charge in [0.15, 0.2) is 11.0 Å². The van der Waals surface area contributed by atoms with Crippen molar-refractivity contribution < 1.29 is 4.79 Å². The highest BCUT2D eigenvalue weighted by atomic mass is 35.5. The highest BCUT2D eigenvalue weighted by Crippen LogP contribution is 2.29. The Morgan fingerprint density at radius 2 is 1.90 bits per heavy atom. The van der Waals surface area contributed by atoms with E-state index in [-0.39, 0.29) is 5.91 Å². The Bertz CT molecular complexity index is 993. The molecule has 1 aliphatic heterocycles. The fourth-order valence-corrected chi connectivity index (χ4v) is 4.80. The minimum absolute atomic E-state index is 0.169. The molecule has 0 unspecified atom stereocenters. The number of pyridine rings is 1. The molecule has 1 aliphatic rings. The molecule has 30 heavy (non-hydrogen) atoms. The van der Waals surface area contributed by atoms with Gasteiger partial charge in [-0.05, 0) is 62.1 Å². The fourth-order valence-electron chi connectivity index (χ4n) is 3.84. The second kappa shape index (κ2) is 9.62. The summed E-state index contributed by atoms with van der Waals surface area (Å²) in [5.74, 6) is 1.22. The molecule has 1 atom stereocenters. The number of nitrogens with zero attached hydrogens (tertiary/aromatic N) is 5. The molecule has 0 radical (unpaired) electrons. The molecule has 0 aliphatic carbocycles. The number of benzene rings is 1. The topological polar surface area (TPSA) is 63.9 Å². The molecule has 1 fully saturated rings. The van der Waals surface area contributed by atoms with E-state index in [1.807, 2.05) is 45.9 Å². The molecular weight excluding hydrogens is 418 g/mol. The summed E-state index contributed by atoms with van der Waals surface area (Å²) in [5.41, 5.74) is 1.81. The zero-order chi connectivity index (χ0) is 20.9. The number of piperidine rings is 1. The Balaban J connectivity index is 1.61. The average Bonchev–Trinajstić information content (AvgIpc) is 3.22. The Kier molecular flexibility index (Phi) is 6.69. The minimum Gasteiger partial charge on any atom is -0.339 e. The Hall–Kier alpha value is -2.38. The zero-order valence-electron chi connectivity index (χ0n) is 16.9. The maximum atomic E-state index is 12.9. The number of thioether (sulfide) groups is 1. The van der Waals surface area contributed by atoms with E-state index in [1.54, 1.807) is 12.4 Å². The van der Waals surface area contributed by atoms with Gasteiger partial charge in [0.2, 0.25) is 5.91 Å². The molecule has 0 bridgehead atoms. The standard InChI is InChI=1S/C22H24ClN5OS/c1-2-18-5-3-4-14-27(18)20(29)15-30-22-26-25-21(16-10-12-24-13-11-16)28(22)19-8-6-17(23)7-9-19/h6-13,18H,2-5,14-15H2,1H3/t18-/m0/s1. The van der Waals surface area contributed by atoms with E-state index < -0.39 is 0 Å². The van der Waals surface area contributed by atoms with Crippen molar-refractivity contribution in [2.24, 2.45) is 0 Å². The lowest BCUT2D eigenvalue weighted by Crippen LogP contribution is -2.44. The molecule has 1 aromatic carbocycles. The first kappa shape index (κ1) is 20.9. The Morgan fingerprint density at radius 3 is 2.63 bits per heavy atom. The summed E-state index contributed by atoms with van der Waals surface area (Å²) in [5, 5.41) is 10.2. The third kappa shape index (κ3) is 4.52. The van der Waals surface area contributed by atoms with Gasteiger partial charge in [-0.15, -0.1) is 10.2 Å². The molecule has 4 rings (SSSR count). The van der Waals surface area contributed by atoms with Crippen molar-refractivity contribution in [1.29, 1.82) is 0 Å². The summed E-state index contributed by atoms with van der Waals surface area (Å²) in [6, 6.07) is 11.7. The maximum absolute atomic E-state index is 12.9. The average molecular weight is 442 g/mol. The quantitative estimate of drug-likeness (QED) is 0.511. The van der Waals surface area contributed by atoms with Crippen LogP contribution in [0.3, 0.4) is 0 Å². The van der Waals surface area contributed by atoms with Crippen LogP contribution in [0.1, 0.15) is 32.6 Å². The maximum Gasteiger partial charge on any atom is 0.233 e. The summed E-state index contributed by atoms with van der Waals surface area (Å²) in [6.07, 6.45) is 7.85. The van der Waals surface area contributed by atoms with Gasteiger partial charge in [-0.2, -0.15) is 0 Å². The fraction of sp³-hybridized carbons (Fsp3) is 0.364. The lowest BCUT2D eigenvalue weighted by atomic mass is 10.0. The summed E-state index contributed by atoms with van der Waals surface area (Å²) in [4.78, 5) is 19.1. The van der Waals surface area contributed by atoms with Gasteiger partial charge in [-0.25, -0.2) is 0 Å². The number of hydrogen-bond donors (Lipinski definition) is 0. The van der Waals surface area contributed by atoms with Gasteiger partial charge in [-0.3, -0.25) is 14.3 Å². The van der Waals surface area contributed by atoms with E-state index in [9.17, 15) is 4.79 Å². The van der Waals surface area contributed by atoms with Crippen LogP contribution in [0.25, 0.3) is 17.1 Å². The van der Waals surface area contributed by atoms with Crippen LogP contribution in [0.4, 0.5) is 0 Å². The summed E-state index contributed by atoms with van der Waals surface area (Å²) in [6.45, 7) is 3.01. The SMILES string of the molecule is CC[C@H]1CCCCN1C(=O)CSc1nnc(-c2ccncc2)n1-c1ccc(Cl)cc1. The van der Waals surface area contributed by atoms with E-state index in [1.165, 1.54) is 18.2 Å². The van der Waals surface area contributed by atoms with Crippen LogP contribution < -0.4 is 0 Å². The molecule has 1 amide bonds. The van der Waals surface area contributed by atoms with Crippen LogP contribution in [-0.4, -0.2) is 48.9 Å². The van der Waals surface area contributed by atoms with Gasteiger partial charge in [-0.1, -0.05) is 30.3 Å². The molecule has 3 heterocycles. The molecule has 1 saturated heterocycles. The summed E-state index contributed by atoms with van der Waals surface area (Å²) in [7, 11) is 0. The van der Waals surface area contributed by atoms with E-state index >= 15 is 0 Å². The smallest absolute Gasteiger partial charge is 0.233 e. The normalized spacial score (nSPS) is 16.6. The second-order valence-electron chi connectivity index (χ2n) is 7.29. The molecular formula is C22H24ClN5OS. The lowest BCUT2D eigenvalue weighted by Gasteiger charge is -2.35. The molecule has 8 heteroatoms. The highest BCUT2D eigenvalue weighted by molar-refractivity contribution is 7.99. The van der Waals surface area contributed by atoms with Gasteiger partial charge >= 0.3 is 0 Å². The summed E-state index contributed by atoms with van der Waals surface area (Å²) < 4.78 is 1.97. The van der Waals surface area contributed by atoms with Crippen molar-refractivity contribution in [3.63, 3.8) is 0 Å². The van der Waals surface area contributed by atoms with Gasteiger partial charge < -0.3 is 4.90 Å². The van der Waals surface area contributed by atoms with Gasteiger partial charge in [0, 0.05) is 41.3 Å². The van der Waals surface area contributed by atoms with Crippen LogP contribution in [-0.2, 0) is 4.79 Å². The molecule has 156 valence electrons. The number of halogens is 1. The minimum atomic E-state index is 0.169. The van der Waals surface area contributed by atoms with E-state index in [4.69, 9.17) is 11.6 Å². The number of rotatable bonds is 6. The second-order valence-corrected chi connectivity index (χ2v) is 8.67. The van der Waals surface area contributed by atoms with Crippen molar-refractivity contribution in [3.8, 4) is 17.1 Å². The largest absolute Gasteiger partial charge is 0.339 e. The number of hydrogen-bond acceptors (Lipinski definition) is 5. The van der Waals surface area contributed by atoms with Crippen molar-refractivity contribution >= 4 is 29.3 Å². The zero-order valence-corrected chi connectivity index (χ0v) is 18.4. The van der Waals surface area contributed by atoms with Crippen LogP contribution >= 0.6 is 23.4 Å². The lowest BCUT2D eigenvalue weighted by molar-refractivity contribution is -0.132. The third-order valence-electron chi connectivity index (χ3n) is 5.40. The summed E-state index contributed by atoms with van der Waals surface area (Å²) >= 11 is 7.51. The van der Waals surface area contributed by atoms with Crippen LogP contribution in [0.15, 0.2) is 53.9 Å². The molecule has 0 saturated carbocycles. The van der Waals surface area contributed by atoms with Gasteiger partial charge in [0.25, 0.3) is 0 Å². The van der Waals surface area contributed by atoms with Crippen LogP contribution in [0.5, 0.6) is 0 Å². The highest BCUT2D eigenvalue weighted by Gasteiger charge is 2.26. The first-order chi connectivity index (χ1) is 14.7. The van der Waals surface area contributed by atoms with Crippen molar-refractivity contribution in [2.75, 3.05) is 12.3 Å². The third-order valence-corrected chi connectivity index (χ3v) is 6.57. The van der Waals surface area contributed by atoms with Crippen molar-refractivity contribution in [1.82, 2.24) is 24.6 Å². The number of amides is 1. The number of carbonyl (C=O) groups excluding carboxylic acids is 1. The van der Waals surface area contributed by atoms with Gasteiger partial charge in [0.1, 0.15) is 0 Å². The Morgan fingerprint density at radius 1 is 1.13 bits per heavy atom. The number of likely N-dealkylation sites (tertiary alicyclic amines) is 1. The number of carbonyl (C=O) groups is 1. The van der Waals surface area contributed by atoms with Crippen LogP contribution in [0.2, 0.25) is 5.02 Å². The predicted molar refractivity (Wildman–Crippen MR) is 120 cm³/mol. The molecule has 6 nitrogen and oxygen atoms in total. The molecule has 3 aromatic rings. The van der Waals surface area contributed by atoms with E-state index in [2.05, 4.69) is 22.1 Å². The monoisotopic (exact) mass is 441 g/mol. The van der Waals surface area contributed by atoms with Gasteiger partial charge in [0.05, 0.1) is 5.75 Å². The predicted octanol–water partition coefficient (Wildman–Crippen LogP) is 4.87. The van der Waals surface area contributed by atoms with E-state index in [0.717, 1.165) is 37.1 Å². The molecule has 2 aromatic heterocycles. The van der Waals surface area contributed by atoms with Crippen LogP contribution in [0, 0.1) is 0 Å². The molecule has 0 N–H and O–H groups in total. The number of aromatic nitrogens is 4. The van der Waals surface area contributed by atoms with E-state index in [0.29, 0.717) is 27.8 Å². The first-order valence-electron chi connectivity index (χ1n) is 10.2. The first-order valence-corrected chi connectivity index (χ1v) is 11.6. The van der Waals surface area contributed by atoms with Crippen molar-refractivity contribution in [3.05, 3.63) is 53.8 Å².